The molecular formula is C27H34F3N3O3. The third-order valence-corrected chi connectivity index (χ3v) is 6.25. The Hall–Kier alpha value is -3.07. The zero-order chi connectivity index (χ0) is 26.5. The largest absolute Gasteiger partial charge is 0.478 e. The van der Waals surface area contributed by atoms with Crippen molar-refractivity contribution < 1.29 is 27.8 Å². The standard InChI is InChI=1S/C27H34F3N3O3/c1-5-6-23(9-7-19(2)27(28,29)30)33-18-20(16-31-33)17-32-13-11-21-8-10-24(15-22(21)12-14-32)36-26(3,4)25(34)35/h6-10,15-16,18-19H,5,11-14,17H2,1-4H3,(H,34,35)/b9-7-,23-6+. The SMILES string of the molecule is CC/C=C(\C=C/C(C)C(F)(F)F)n1cc(CN2CCc3ccc(OC(C)(C)C(=O)O)cc3CC2)cn1. The van der Waals surface area contributed by atoms with Crippen LogP contribution in [0.15, 0.2) is 48.8 Å². The van der Waals surface area contributed by atoms with Gasteiger partial charge in [0.1, 0.15) is 5.75 Å². The van der Waals surface area contributed by atoms with Gasteiger partial charge in [-0.3, -0.25) is 4.90 Å². The summed E-state index contributed by atoms with van der Waals surface area (Å²) in [5.74, 6) is -2.02. The molecule has 9 heteroatoms. The fourth-order valence-corrected chi connectivity index (χ4v) is 3.95. The van der Waals surface area contributed by atoms with Crippen LogP contribution in [0.5, 0.6) is 5.75 Å². The van der Waals surface area contributed by atoms with Crippen molar-refractivity contribution in [3.63, 3.8) is 0 Å². The van der Waals surface area contributed by atoms with Crippen molar-refractivity contribution in [2.24, 2.45) is 5.92 Å². The summed E-state index contributed by atoms with van der Waals surface area (Å²) in [6.07, 6.45) is 6.16. The van der Waals surface area contributed by atoms with Crippen LogP contribution in [0, 0.1) is 5.92 Å². The van der Waals surface area contributed by atoms with Crippen molar-refractivity contribution in [3.8, 4) is 5.75 Å². The van der Waals surface area contributed by atoms with E-state index in [1.807, 2.05) is 37.4 Å². The van der Waals surface area contributed by atoms with E-state index >= 15 is 0 Å². The minimum Gasteiger partial charge on any atom is -0.478 e. The number of alkyl halides is 3. The minimum atomic E-state index is -4.27. The molecule has 1 aliphatic rings. The molecule has 0 aliphatic carbocycles. The highest BCUT2D eigenvalue weighted by Gasteiger charge is 2.34. The lowest BCUT2D eigenvalue weighted by Gasteiger charge is -2.22. The maximum Gasteiger partial charge on any atom is 0.394 e. The Labute approximate surface area is 210 Å². The fraction of sp³-hybridized carbons (Fsp3) is 0.481. The number of aliphatic carboxylic acids is 1. The molecule has 0 radical (unpaired) electrons. The summed E-state index contributed by atoms with van der Waals surface area (Å²) in [6.45, 7) is 8.44. The van der Waals surface area contributed by atoms with E-state index in [-0.39, 0.29) is 0 Å². The predicted molar refractivity (Wildman–Crippen MR) is 133 cm³/mol. The first kappa shape index (κ1) is 27.5. The fourth-order valence-electron chi connectivity index (χ4n) is 3.95. The van der Waals surface area contributed by atoms with Crippen LogP contribution in [0.2, 0.25) is 0 Å². The number of fused-ring (bicyclic) bond motifs is 1. The van der Waals surface area contributed by atoms with Gasteiger partial charge < -0.3 is 9.84 Å². The van der Waals surface area contributed by atoms with Gasteiger partial charge >= 0.3 is 12.1 Å². The molecule has 6 nitrogen and oxygen atoms in total. The minimum absolute atomic E-state index is 0.541. The second-order valence-electron chi connectivity index (χ2n) is 9.64. The first-order chi connectivity index (χ1) is 16.9. The Kier molecular flexibility index (Phi) is 8.66. The van der Waals surface area contributed by atoms with Gasteiger partial charge in [-0.2, -0.15) is 18.3 Å². The molecule has 3 rings (SSSR count). The number of benzene rings is 1. The van der Waals surface area contributed by atoms with Crippen LogP contribution in [0.4, 0.5) is 13.2 Å². The van der Waals surface area contributed by atoms with E-state index in [1.165, 1.54) is 25.5 Å². The van der Waals surface area contributed by atoms with E-state index in [0.29, 0.717) is 24.4 Å². The van der Waals surface area contributed by atoms with Crippen LogP contribution in [0.1, 0.15) is 50.8 Å². The summed E-state index contributed by atoms with van der Waals surface area (Å²) in [5, 5.41) is 13.7. The summed E-state index contributed by atoms with van der Waals surface area (Å²) in [4.78, 5) is 13.7. The molecule has 2 aromatic rings. The average Bonchev–Trinajstić information content (AvgIpc) is 3.16. The van der Waals surface area contributed by atoms with E-state index in [0.717, 1.165) is 50.1 Å². The molecule has 1 aromatic carbocycles. The molecule has 1 aromatic heterocycles. The number of carboxylic acids is 1. The van der Waals surface area contributed by atoms with Crippen molar-refractivity contribution in [3.05, 3.63) is 65.5 Å². The molecule has 196 valence electrons. The molecule has 1 aliphatic heterocycles. The molecule has 2 heterocycles. The van der Waals surface area contributed by atoms with Gasteiger partial charge in [0.05, 0.1) is 17.8 Å². The molecule has 1 atom stereocenters. The van der Waals surface area contributed by atoms with Gasteiger partial charge in [0.25, 0.3) is 0 Å². The van der Waals surface area contributed by atoms with Crippen molar-refractivity contribution in [2.75, 3.05) is 13.1 Å². The Morgan fingerprint density at radius 1 is 1.22 bits per heavy atom. The average molecular weight is 506 g/mol. The quantitative estimate of drug-likeness (QED) is 0.441. The molecule has 0 bridgehead atoms. The van der Waals surface area contributed by atoms with Gasteiger partial charge in [-0.15, -0.1) is 0 Å². The highest BCUT2D eigenvalue weighted by atomic mass is 19.4. The molecule has 36 heavy (non-hydrogen) atoms. The number of carbonyl (C=O) groups is 1. The van der Waals surface area contributed by atoms with Crippen LogP contribution >= 0.6 is 0 Å². The van der Waals surface area contributed by atoms with Crippen molar-refractivity contribution >= 4 is 11.7 Å². The van der Waals surface area contributed by atoms with Crippen LogP contribution in [-0.2, 0) is 24.2 Å². The second-order valence-corrected chi connectivity index (χ2v) is 9.64. The number of allylic oxidation sites excluding steroid dienone is 4. The maximum absolute atomic E-state index is 12.9. The smallest absolute Gasteiger partial charge is 0.394 e. The number of hydrogen-bond acceptors (Lipinski definition) is 4. The third-order valence-electron chi connectivity index (χ3n) is 6.25. The molecule has 0 saturated heterocycles. The van der Waals surface area contributed by atoms with Gasteiger partial charge in [0.15, 0.2) is 5.60 Å². The van der Waals surface area contributed by atoms with E-state index in [4.69, 9.17) is 4.74 Å². The van der Waals surface area contributed by atoms with Gasteiger partial charge in [0.2, 0.25) is 0 Å². The van der Waals surface area contributed by atoms with Crippen LogP contribution in [0.3, 0.4) is 0 Å². The van der Waals surface area contributed by atoms with Crippen molar-refractivity contribution in [2.45, 2.75) is 65.3 Å². The third kappa shape index (κ3) is 7.22. The summed E-state index contributed by atoms with van der Waals surface area (Å²) >= 11 is 0. The normalized spacial score (nSPS) is 16.6. The lowest BCUT2D eigenvalue weighted by atomic mass is 10.0. The van der Waals surface area contributed by atoms with Gasteiger partial charge in [-0.25, -0.2) is 9.48 Å². The number of ether oxygens (including phenoxy) is 1. The lowest BCUT2D eigenvalue weighted by molar-refractivity contribution is -0.156. The topological polar surface area (TPSA) is 67.6 Å². The summed E-state index contributed by atoms with van der Waals surface area (Å²) in [7, 11) is 0. The highest BCUT2D eigenvalue weighted by Crippen LogP contribution is 2.28. The van der Waals surface area contributed by atoms with E-state index < -0.39 is 23.7 Å². The number of carboxylic acid groups (broad SMARTS) is 1. The number of halogens is 3. The van der Waals surface area contributed by atoms with Gasteiger partial charge in [0, 0.05) is 31.4 Å². The van der Waals surface area contributed by atoms with E-state index in [1.54, 1.807) is 10.9 Å². The Balaban J connectivity index is 1.65. The number of aromatic nitrogens is 2. The van der Waals surface area contributed by atoms with Gasteiger partial charge in [-0.05, 0) is 62.4 Å². The van der Waals surface area contributed by atoms with Crippen LogP contribution < -0.4 is 4.74 Å². The number of nitrogens with zero attached hydrogens (tertiary/aromatic N) is 3. The lowest BCUT2D eigenvalue weighted by Crippen LogP contribution is -2.37. The molecule has 1 unspecified atom stereocenters. The van der Waals surface area contributed by atoms with E-state index in [2.05, 4.69) is 10.00 Å². The van der Waals surface area contributed by atoms with E-state index in [9.17, 15) is 23.1 Å². The second kappa shape index (κ2) is 11.3. The number of hydrogen-bond donors (Lipinski definition) is 1. The predicted octanol–water partition coefficient (Wildman–Crippen LogP) is 5.73. The first-order valence-electron chi connectivity index (χ1n) is 12.1. The van der Waals surface area contributed by atoms with Gasteiger partial charge in [-0.1, -0.05) is 32.1 Å². The highest BCUT2D eigenvalue weighted by molar-refractivity contribution is 5.76. The molecule has 0 spiro atoms. The molecule has 0 amide bonds. The summed E-state index contributed by atoms with van der Waals surface area (Å²) in [6, 6.07) is 5.75. The molecule has 0 fully saturated rings. The first-order valence-corrected chi connectivity index (χ1v) is 12.1. The summed E-state index contributed by atoms with van der Waals surface area (Å²) < 4.78 is 46.0. The van der Waals surface area contributed by atoms with Crippen LogP contribution in [-0.4, -0.2) is 50.6 Å². The molecular weight excluding hydrogens is 471 g/mol. The van der Waals surface area contributed by atoms with Crippen molar-refractivity contribution in [1.29, 1.82) is 0 Å². The van der Waals surface area contributed by atoms with Crippen molar-refractivity contribution in [1.82, 2.24) is 14.7 Å². The maximum atomic E-state index is 12.9. The zero-order valence-electron chi connectivity index (χ0n) is 21.2. The zero-order valence-corrected chi connectivity index (χ0v) is 21.2. The summed E-state index contributed by atoms with van der Waals surface area (Å²) in [5.41, 5.74) is 2.64. The Bertz CT molecular complexity index is 1120. The number of rotatable bonds is 9. The molecule has 0 saturated carbocycles. The Morgan fingerprint density at radius 2 is 1.92 bits per heavy atom. The van der Waals surface area contributed by atoms with Crippen LogP contribution in [0.25, 0.3) is 5.70 Å². The molecule has 1 N–H and O–H groups in total. The monoisotopic (exact) mass is 505 g/mol. The Morgan fingerprint density at radius 3 is 2.56 bits per heavy atom.